The highest BCUT2D eigenvalue weighted by Crippen LogP contribution is 2.28. The zero-order valence-electron chi connectivity index (χ0n) is 7.99. The van der Waals surface area contributed by atoms with Gasteiger partial charge in [0.05, 0.1) is 12.5 Å². The van der Waals surface area contributed by atoms with E-state index in [4.69, 9.17) is 4.74 Å². The zero-order chi connectivity index (χ0) is 9.68. The molecule has 3 heteroatoms. The van der Waals surface area contributed by atoms with E-state index in [0.717, 1.165) is 25.5 Å². The van der Waals surface area contributed by atoms with Crippen LogP contribution in [0, 0.1) is 11.8 Å². The minimum Gasteiger partial charge on any atom is -0.466 e. The Morgan fingerprint density at radius 1 is 1.54 bits per heavy atom. The van der Waals surface area contributed by atoms with Gasteiger partial charge in [0.1, 0.15) is 6.29 Å². The number of aldehydes is 1. The van der Waals surface area contributed by atoms with Gasteiger partial charge in [0, 0.05) is 5.92 Å². The highest BCUT2D eigenvalue weighted by atomic mass is 16.5. The molecule has 0 saturated heterocycles. The van der Waals surface area contributed by atoms with E-state index < -0.39 is 0 Å². The monoisotopic (exact) mass is 184 g/mol. The van der Waals surface area contributed by atoms with E-state index in [2.05, 4.69) is 0 Å². The molecule has 1 aliphatic carbocycles. The van der Waals surface area contributed by atoms with Crippen molar-refractivity contribution < 1.29 is 14.3 Å². The largest absolute Gasteiger partial charge is 0.466 e. The summed E-state index contributed by atoms with van der Waals surface area (Å²) < 4.78 is 4.92. The first-order valence-corrected chi connectivity index (χ1v) is 4.89. The van der Waals surface area contributed by atoms with Gasteiger partial charge in [-0.15, -0.1) is 0 Å². The molecule has 1 saturated carbocycles. The molecule has 0 aromatic heterocycles. The predicted octanol–water partition coefficient (Wildman–Crippen LogP) is 1.55. The van der Waals surface area contributed by atoms with E-state index in [9.17, 15) is 9.59 Å². The van der Waals surface area contributed by atoms with Crippen LogP contribution in [0.3, 0.4) is 0 Å². The highest BCUT2D eigenvalue weighted by Gasteiger charge is 2.27. The van der Waals surface area contributed by atoms with E-state index in [1.807, 2.05) is 0 Å². The Kier molecular flexibility index (Phi) is 3.93. The molecule has 0 amide bonds. The number of esters is 1. The third-order valence-electron chi connectivity index (χ3n) is 2.53. The standard InChI is InChI=1S/C10H16O3/c1-2-13-10(12)9-5-3-4-8(6-9)7-11/h7-9H,2-6H2,1H3/t8-,9-/m0/s1. The molecule has 0 aliphatic heterocycles. The maximum atomic E-state index is 11.3. The van der Waals surface area contributed by atoms with Gasteiger partial charge in [0.2, 0.25) is 0 Å². The average Bonchev–Trinajstić information content (AvgIpc) is 2.18. The third kappa shape index (κ3) is 2.83. The van der Waals surface area contributed by atoms with Gasteiger partial charge in [-0.05, 0) is 26.2 Å². The van der Waals surface area contributed by atoms with Gasteiger partial charge >= 0.3 is 5.97 Å². The first kappa shape index (κ1) is 10.2. The molecule has 3 nitrogen and oxygen atoms in total. The molecule has 0 radical (unpaired) electrons. The minimum absolute atomic E-state index is 0.0381. The number of carbonyl (C=O) groups is 2. The lowest BCUT2D eigenvalue weighted by atomic mass is 9.82. The summed E-state index contributed by atoms with van der Waals surface area (Å²) in [6.07, 6.45) is 4.42. The average molecular weight is 184 g/mol. The summed E-state index contributed by atoms with van der Waals surface area (Å²) in [5, 5.41) is 0. The molecular formula is C10H16O3. The molecule has 0 unspecified atom stereocenters. The number of hydrogen-bond acceptors (Lipinski definition) is 3. The van der Waals surface area contributed by atoms with E-state index in [1.54, 1.807) is 6.92 Å². The molecule has 0 heterocycles. The van der Waals surface area contributed by atoms with E-state index in [0.29, 0.717) is 13.0 Å². The molecule has 0 spiro atoms. The third-order valence-corrected chi connectivity index (χ3v) is 2.53. The molecular weight excluding hydrogens is 168 g/mol. The van der Waals surface area contributed by atoms with Gasteiger partial charge in [-0.25, -0.2) is 0 Å². The summed E-state index contributed by atoms with van der Waals surface area (Å²) in [4.78, 5) is 21.9. The quantitative estimate of drug-likeness (QED) is 0.493. The van der Waals surface area contributed by atoms with Gasteiger partial charge in [0.15, 0.2) is 0 Å². The maximum Gasteiger partial charge on any atom is 0.308 e. The van der Waals surface area contributed by atoms with Crippen LogP contribution in [0.25, 0.3) is 0 Å². The molecule has 1 aliphatic rings. The van der Waals surface area contributed by atoms with Crippen molar-refractivity contribution in [2.75, 3.05) is 6.61 Å². The van der Waals surface area contributed by atoms with Crippen LogP contribution in [0.15, 0.2) is 0 Å². The molecule has 1 rings (SSSR count). The predicted molar refractivity (Wildman–Crippen MR) is 48.1 cm³/mol. The number of carbonyl (C=O) groups excluding carboxylic acids is 2. The van der Waals surface area contributed by atoms with Crippen LogP contribution in [0.2, 0.25) is 0 Å². The fourth-order valence-corrected chi connectivity index (χ4v) is 1.83. The minimum atomic E-state index is -0.131. The number of ether oxygens (including phenoxy) is 1. The van der Waals surface area contributed by atoms with Crippen molar-refractivity contribution >= 4 is 12.3 Å². The fraction of sp³-hybridized carbons (Fsp3) is 0.800. The fourth-order valence-electron chi connectivity index (χ4n) is 1.83. The van der Waals surface area contributed by atoms with Crippen LogP contribution in [0.5, 0.6) is 0 Å². The maximum absolute atomic E-state index is 11.3. The van der Waals surface area contributed by atoms with Gasteiger partial charge in [0.25, 0.3) is 0 Å². The van der Waals surface area contributed by atoms with Crippen molar-refractivity contribution in [2.24, 2.45) is 11.8 Å². The lowest BCUT2D eigenvalue weighted by Gasteiger charge is -2.23. The van der Waals surface area contributed by atoms with Crippen molar-refractivity contribution in [2.45, 2.75) is 32.6 Å². The van der Waals surface area contributed by atoms with Crippen LogP contribution in [0.1, 0.15) is 32.6 Å². The second-order valence-electron chi connectivity index (χ2n) is 3.51. The molecule has 0 aromatic rings. The second kappa shape index (κ2) is 5.00. The Bertz CT molecular complexity index is 189. The number of hydrogen-bond donors (Lipinski definition) is 0. The highest BCUT2D eigenvalue weighted by molar-refractivity contribution is 5.73. The van der Waals surface area contributed by atoms with Gasteiger partial charge in [-0.2, -0.15) is 0 Å². The van der Waals surface area contributed by atoms with E-state index in [-0.39, 0.29) is 17.8 Å². The summed E-state index contributed by atoms with van der Waals surface area (Å²) in [6, 6.07) is 0. The molecule has 1 fully saturated rings. The topological polar surface area (TPSA) is 43.4 Å². The van der Waals surface area contributed by atoms with E-state index in [1.165, 1.54) is 0 Å². The molecule has 74 valence electrons. The van der Waals surface area contributed by atoms with Crippen LogP contribution < -0.4 is 0 Å². The molecule has 0 bridgehead atoms. The Morgan fingerprint density at radius 2 is 2.31 bits per heavy atom. The Hall–Kier alpha value is -0.860. The summed E-state index contributed by atoms with van der Waals surface area (Å²) in [5.41, 5.74) is 0. The first-order chi connectivity index (χ1) is 6.27. The SMILES string of the molecule is CCOC(=O)[C@H]1CCC[C@H](C=O)C1. The van der Waals surface area contributed by atoms with Crippen LogP contribution in [-0.2, 0) is 14.3 Å². The van der Waals surface area contributed by atoms with Crippen LogP contribution >= 0.6 is 0 Å². The van der Waals surface area contributed by atoms with E-state index >= 15 is 0 Å². The first-order valence-electron chi connectivity index (χ1n) is 4.89. The molecule has 0 aromatic carbocycles. The number of rotatable bonds is 3. The Morgan fingerprint density at radius 3 is 2.92 bits per heavy atom. The Balaban J connectivity index is 2.41. The summed E-state index contributed by atoms with van der Waals surface area (Å²) in [6.45, 7) is 2.24. The molecule has 13 heavy (non-hydrogen) atoms. The van der Waals surface area contributed by atoms with Crippen molar-refractivity contribution in [3.05, 3.63) is 0 Å². The van der Waals surface area contributed by atoms with Gasteiger partial charge in [-0.1, -0.05) is 6.42 Å². The lowest BCUT2D eigenvalue weighted by Crippen LogP contribution is -2.25. The van der Waals surface area contributed by atoms with Gasteiger partial charge < -0.3 is 9.53 Å². The smallest absolute Gasteiger partial charge is 0.308 e. The summed E-state index contributed by atoms with van der Waals surface area (Å²) >= 11 is 0. The van der Waals surface area contributed by atoms with Crippen molar-refractivity contribution in [1.29, 1.82) is 0 Å². The Labute approximate surface area is 78.5 Å². The van der Waals surface area contributed by atoms with Crippen LogP contribution in [-0.4, -0.2) is 18.9 Å². The molecule has 0 N–H and O–H groups in total. The zero-order valence-corrected chi connectivity index (χ0v) is 7.99. The molecule has 2 atom stereocenters. The van der Waals surface area contributed by atoms with Crippen molar-refractivity contribution in [3.8, 4) is 0 Å². The lowest BCUT2D eigenvalue weighted by molar-refractivity contribution is -0.149. The van der Waals surface area contributed by atoms with Crippen molar-refractivity contribution in [3.63, 3.8) is 0 Å². The van der Waals surface area contributed by atoms with Gasteiger partial charge in [-0.3, -0.25) is 4.79 Å². The van der Waals surface area contributed by atoms with Crippen LogP contribution in [0.4, 0.5) is 0 Å². The van der Waals surface area contributed by atoms with Crippen molar-refractivity contribution in [1.82, 2.24) is 0 Å². The summed E-state index contributed by atoms with van der Waals surface area (Å²) in [7, 11) is 0. The summed E-state index contributed by atoms with van der Waals surface area (Å²) in [5.74, 6) is -0.0962. The second-order valence-corrected chi connectivity index (χ2v) is 3.51. The normalized spacial score (nSPS) is 28.1.